The molecule has 0 fully saturated rings. The Balaban J connectivity index is 1.19. The van der Waals surface area contributed by atoms with E-state index in [-0.39, 0.29) is 6.54 Å². The third kappa shape index (κ3) is 4.24. The summed E-state index contributed by atoms with van der Waals surface area (Å²) in [5, 5.41) is 11.0. The van der Waals surface area contributed by atoms with Gasteiger partial charge in [0, 0.05) is 17.4 Å². The fraction of sp³-hybridized carbons (Fsp3) is 0.120. The molecule has 2 aromatic carbocycles. The molecule has 10 nitrogen and oxygen atoms in total. The highest BCUT2D eigenvalue weighted by molar-refractivity contribution is 6.22. The normalized spacial score (nSPS) is 12.6. The summed E-state index contributed by atoms with van der Waals surface area (Å²) < 4.78 is 7.57. The third-order valence-electron chi connectivity index (χ3n) is 5.67. The lowest BCUT2D eigenvalue weighted by Crippen LogP contribution is -2.37. The van der Waals surface area contributed by atoms with E-state index in [1.165, 1.54) is 0 Å². The molecule has 3 heterocycles. The molecule has 1 N–H and O–H groups in total. The fourth-order valence-electron chi connectivity index (χ4n) is 3.68. The maximum Gasteiger partial charge on any atom is 0.262 e. The van der Waals surface area contributed by atoms with E-state index in [0.717, 1.165) is 16.3 Å². The molecule has 0 atom stereocenters. The maximum atomic E-state index is 12.4. The van der Waals surface area contributed by atoms with Gasteiger partial charge in [-0.05, 0) is 56.3 Å². The van der Waals surface area contributed by atoms with E-state index < -0.39 is 17.7 Å². The quantitative estimate of drug-likeness (QED) is 0.431. The highest BCUT2D eigenvalue weighted by Crippen LogP contribution is 2.24. The van der Waals surface area contributed by atoms with Crippen LogP contribution in [0.1, 0.15) is 32.1 Å². The lowest BCUT2D eigenvalue weighted by Gasteiger charge is -2.14. The van der Waals surface area contributed by atoms with Gasteiger partial charge in [-0.25, -0.2) is 4.98 Å². The van der Waals surface area contributed by atoms with Crippen LogP contribution >= 0.6 is 0 Å². The molecular formula is C25H20N6O4. The minimum Gasteiger partial charge on any atom is -0.438 e. The minimum absolute atomic E-state index is 0.304. The van der Waals surface area contributed by atoms with Gasteiger partial charge in [-0.3, -0.25) is 23.9 Å². The number of hydrogen-bond donors (Lipinski definition) is 1. The van der Waals surface area contributed by atoms with Crippen molar-refractivity contribution in [2.24, 2.45) is 0 Å². The number of carbonyl (C=O) groups is 3. The van der Waals surface area contributed by atoms with Crippen LogP contribution in [0, 0.1) is 13.8 Å². The molecule has 2 aromatic heterocycles. The second-order valence-electron chi connectivity index (χ2n) is 7.93. The first-order valence-corrected chi connectivity index (χ1v) is 10.8. The lowest BCUT2D eigenvalue weighted by molar-refractivity contribution is -0.116. The van der Waals surface area contributed by atoms with Crippen LogP contribution in [0.2, 0.25) is 0 Å². The number of benzene rings is 2. The maximum absolute atomic E-state index is 12.4. The molecule has 1 aliphatic heterocycles. The molecule has 4 aromatic rings. The van der Waals surface area contributed by atoms with E-state index in [0.29, 0.717) is 34.3 Å². The number of carbonyl (C=O) groups excluding carboxylic acids is 3. The van der Waals surface area contributed by atoms with E-state index in [2.05, 4.69) is 20.5 Å². The van der Waals surface area contributed by atoms with Crippen LogP contribution < -0.4 is 10.1 Å². The Morgan fingerprint density at radius 1 is 0.914 bits per heavy atom. The first kappa shape index (κ1) is 22.0. The summed E-state index contributed by atoms with van der Waals surface area (Å²) in [5.74, 6) is 0.00172. The number of imide groups is 1. The van der Waals surface area contributed by atoms with Gasteiger partial charge in [0.2, 0.25) is 11.8 Å². The molecular weight excluding hydrogens is 448 g/mol. The summed E-state index contributed by atoms with van der Waals surface area (Å²) in [5.41, 5.74) is 3.00. The van der Waals surface area contributed by atoms with Crippen molar-refractivity contribution in [2.75, 3.05) is 11.9 Å². The van der Waals surface area contributed by atoms with Crippen molar-refractivity contribution in [3.63, 3.8) is 0 Å². The SMILES string of the molecule is Cc1ncn(-c2ccc(Oc3ccc(NC(=O)CN4C(=O)c5ccccc5C4=O)cc3)nn2)c1C. The number of fused-ring (bicyclic) bond motifs is 1. The zero-order chi connectivity index (χ0) is 24.5. The molecule has 0 unspecified atom stereocenters. The summed E-state index contributed by atoms with van der Waals surface area (Å²) in [6.07, 6.45) is 1.69. The highest BCUT2D eigenvalue weighted by atomic mass is 16.5. The highest BCUT2D eigenvalue weighted by Gasteiger charge is 2.36. The average molecular weight is 468 g/mol. The average Bonchev–Trinajstić information content (AvgIpc) is 3.32. The number of amides is 3. The van der Waals surface area contributed by atoms with Crippen molar-refractivity contribution in [2.45, 2.75) is 13.8 Å². The van der Waals surface area contributed by atoms with Gasteiger partial charge in [0.25, 0.3) is 11.8 Å². The number of aryl methyl sites for hydroxylation is 1. The first-order valence-electron chi connectivity index (χ1n) is 10.8. The molecule has 3 amide bonds. The van der Waals surface area contributed by atoms with Crippen LogP contribution in [-0.4, -0.2) is 48.9 Å². The molecule has 10 heteroatoms. The van der Waals surface area contributed by atoms with Gasteiger partial charge in [-0.1, -0.05) is 12.1 Å². The standard InChI is InChI=1S/C25H20N6O4/c1-15-16(2)31(14-26-15)21-11-12-23(29-28-21)35-18-9-7-17(8-10-18)27-22(32)13-30-24(33)19-5-3-4-6-20(19)25(30)34/h3-12,14H,13H2,1-2H3,(H,27,32). The van der Waals surface area contributed by atoms with Crippen molar-refractivity contribution in [3.8, 4) is 17.4 Å². The predicted octanol–water partition coefficient (Wildman–Crippen LogP) is 3.31. The molecule has 1 aliphatic rings. The Morgan fingerprint density at radius 2 is 1.60 bits per heavy atom. The van der Waals surface area contributed by atoms with Gasteiger partial charge in [-0.2, -0.15) is 0 Å². The zero-order valence-corrected chi connectivity index (χ0v) is 18.9. The molecule has 35 heavy (non-hydrogen) atoms. The number of hydrogen-bond acceptors (Lipinski definition) is 7. The second kappa shape index (κ2) is 8.82. The van der Waals surface area contributed by atoms with Crippen molar-refractivity contribution in [1.82, 2.24) is 24.6 Å². The van der Waals surface area contributed by atoms with Crippen LogP contribution in [0.25, 0.3) is 5.82 Å². The number of nitrogens with zero attached hydrogens (tertiary/aromatic N) is 5. The van der Waals surface area contributed by atoms with Crippen LogP contribution in [0.5, 0.6) is 11.6 Å². The van der Waals surface area contributed by atoms with Crippen molar-refractivity contribution >= 4 is 23.4 Å². The van der Waals surface area contributed by atoms with Crippen LogP contribution in [0.15, 0.2) is 67.0 Å². The van der Waals surface area contributed by atoms with Crippen LogP contribution in [0.4, 0.5) is 5.69 Å². The van der Waals surface area contributed by atoms with Gasteiger partial charge < -0.3 is 10.1 Å². The topological polar surface area (TPSA) is 119 Å². The number of imidazole rings is 1. The lowest BCUT2D eigenvalue weighted by atomic mass is 10.1. The Labute approximate surface area is 200 Å². The Hall–Kier alpha value is -4.86. The van der Waals surface area contributed by atoms with Crippen LogP contribution in [-0.2, 0) is 4.79 Å². The smallest absolute Gasteiger partial charge is 0.262 e. The molecule has 0 saturated heterocycles. The summed E-state index contributed by atoms with van der Waals surface area (Å²) in [4.78, 5) is 42.5. The molecule has 0 aliphatic carbocycles. The third-order valence-corrected chi connectivity index (χ3v) is 5.67. The van der Waals surface area contributed by atoms with Gasteiger partial charge >= 0.3 is 0 Å². The molecule has 0 radical (unpaired) electrons. The predicted molar refractivity (Wildman–Crippen MR) is 126 cm³/mol. The van der Waals surface area contributed by atoms with Crippen LogP contribution in [0.3, 0.4) is 0 Å². The van der Waals surface area contributed by atoms with Gasteiger partial charge in [0.05, 0.1) is 16.8 Å². The largest absolute Gasteiger partial charge is 0.438 e. The summed E-state index contributed by atoms with van der Waals surface area (Å²) in [7, 11) is 0. The van der Waals surface area contributed by atoms with Gasteiger partial charge in [0.15, 0.2) is 5.82 Å². The van der Waals surface area contributed by atoms with E-state index in [4.69, 9.17) is 4.74 Å². The molecule has 0 bridgehead atoms. The second-order valence-corrected chi connectivity index (χ2v) is 7.93. The summed E-state index contributed by atoms with van der Waals surface area (Å²) >= 11 is 0. The molecule has 0 spiro atoms. The number of nitrogens with one attached hydrogen (secondary N) is 1. The van der Waals surface area contributed by atoms with Crippen molar-refractivity contribution in [1.29, 1.82) is 0 Å². The number of rotatable bonds is 6. The Bertz CT molecular complexity index is 1410. The van der Waals surface area contributed by atoms with E-state index in [1.54, 1.807) is 67.0 Å². The Morgan fingerprint density at radius 3 is 2.17 bits per heavy atom. The number of aromatic nitrogens is 4. The van der Waals surface area contributed by atoms with Crippen molar-refractivity contribution < 1.29 is 19.1 Å². The Kier molecular flexibility index (Phi) is 5.54. The molecule has 0 saturated carbocycles. The van der Waals surface area contributed by atoms with E-state index in [9.17, 15) is 14.4 Å². The summed E-state index contributed by atoms with van der Waals surface area (Å²) in [6, 6.07) is 16.6. The number of ether oxygens (including phenoxy) is 1. The summed E-state index contributed by atoms with van der Waals surface area (Å²) in [6.45, 7) is 3.50. The fourth-order valence-corrected chi connectivity index (χ4v) is 3.68. The van der Waals surface area contributed by atoms with E-state index >= 15 is 0 Å². The van der Waals surface area contributed by atoms with Gasteiger partial charge in [0.1, 0.15) is 18.6 Å². The monoisotopic (exact) mass is 468 g/mol. The van der Waals surface area contributed by atoms with Gasteiger partial charge in [-0.15, -0.1) is 10.2 Å². The molecule has 5 rings (SSSR count). The van der Waals surface area contributed by atoms with E-state index in [1.807, 2.05) is 18.4 Å². The number of anilines is 1. The van der Waals surface area contributed by atoms with Crippen molar-refractivity contribution in [3.05, 3.63) is 89.5 Å². The first-order chi connectivity index (χ1) is 16.9. The zero-order valence-electron chi connectivity index (χ0n) is 18.9. The minimum atomic E-state index is -0.486. The molecule has 174 valence electrons.